The van der Waals surface area contributed by atoms with Crippen molar-refractivity contribution < 1.29 is 24.4 Å². The summed E-state index contributed by atoms with van der Waals surface area (Å²) in [6, 6.07) is 0. The molecule has 0 aromatic heterocycles. The van der Waals surface area contributed by atoms with Gasteiger partial charge in [0.15, 0.2) is 17.3 Å². The van der Waals surface area contributed by atoms with Gasteiger partial charge in [0.2, 0.25) is 0 Å². The first-order valence-corrected chi connectivity index (χ1v) is 6.12. The summed E-state index contributed by atoms with van der Waals surface area (Å²) in [5.74, 6) is -5.71. The van der Waals surface area contributed by atoms with Gasteiger partial charge in [-0.05, 0) is 19.3 Å². The zero-order valence-corrected chi connectivity index (χ0v) is 11.1. The van der Waals surface area contributed by atoms with E-state index in [1.807, 2.05) is 13.8 Å². The Morgan fingerprint density at radius 2 is 1.84 bits per heavy atom. The molecule has 0 heterocycles. The van der Waals surface area contributed by atoms with Crippen LogP contribution in [-0.4, -0.2) is 34.6 Å². The van der Waals surface area contributed by atoms with Gasteiger partial charge in [0, 0.05) is 0 Å². The molecule has 1 rings (SSSR count). The first-order chi connectivity index (χ1) is 8.84. The van der Waals surface area contributed by atoms with Gasteiger partial charge in [-0.15, -0.1) is 0 Å². The predicted octanol–water partition coefficient (Wildman–Crippen LogP) is 0.651. The molecule has 1 aliphatic carbocycles. The van der Waals surface area contributed by atoms with E-state index in [1.54, 1.807) is 0 Å². The van der Waals surface area contributed by atoms with Crippen molar-refractivity contribution in [1.82, 2.24) is 0 Å². The highest BCUT2D eigenvalue weighted by molar-refractivity contribution is 6.36. The maximum Gasteiger partial charge on any atom is 0.166 e. The number of ketones is 3. The Labute approximate surface area is 110 Å². The number of nitrogens with zero attached hydrogens (tertiary/aromatic N) is 1. The van der Waals surface area contributed by atoms with Crippen LogP contribution in [0.2, 0.25) is 0 Å². The first-order valence-electron chi connectivity index (χ1n) is 6.12. The SMILES string of the molecule is CC(C)C/C(=N/O)C1C(=O)C(C)C(=O)C(C=O)C1=O. The van der Waals surface area contributed by atoms with E-state index in [2.05, 4.69) is 5.16 Å². The van der Waals surface area contributed by atoms with Gasteiger partial charge in [-0.3, -0.25) is 14.4 Å². The highest BCUT2D eigenvalue weighted by atomic mass is 16.4. The van der Waals surface area contributed by atoms with E-state index in [1.165, 1.54) is 6.92 Å². The van der Waals surface area contributed by atoms with Gasteiger partial charge >= 0.3 is 0 Å². The van der Waals surface area contributed by atoms with E-state index in [9.17, 15) is 19.2 Å². The molecule has 0 bridgehead atoms. The number of rotatable bonds is 4. The fourth-order valence-electron chi connectivity index (χ4n) is 2.22. The van der Waals surface area contributed by atoms with Crippen molar-refractivity contribution in [2.45, 2.75) is 27.2 Å². The summed E-state index contributed by atoms with van der Waals surface area (Å²) in [6.07, 6.45) is 0.510. The third-order valence-electron chi connectivity index (χ3n) is 3.25. The third kappa shape index (κ3) is 2.77. The van der Waals surface area contributed by atoms with Crippen LogP contribution in [0.1, 0.15) is 27.2 Å². The average Bonchev–Trinajstić information content (AvgIpc) is 2.35. The number of oxime groups is 1. The molecule has 0 amide bonds. The van der Waals surface area contributed by atoms with Crippen LogP contribution in [0.15, 0.2) is 5.16 Å². The van der Waals surface area contributed by atoms with Crippen LogP contribution in [-0.2, 0) is 19.2 Å². The molecule has 1 N–H and O–H groups in total. The van der Waals surface area contributed by atoms with Crippen LogP contribution in [0.3, 0.4) is 0 Å². The number of aldehydes is 1. The Balaban J connectivity index is 3.17. The van der Waals surface area contributed by atoms with Gasteiger partial charge in [0.1, 0.15) is 18.1 Å². The van der Waals surface area contributed by atoms with Crippen molar-refractivity contribution in [3.63, 3.8) is 0 Å². The zero-order valence-electron chi connectivity index (χ0n) is 11.1. The zero-order chi connectivity index (χ0) is 14.7. The van der Waals surface area contributed by atoms with E-state index in [0.29, 0.717) is 0 Å². The molecule has 0 spiro atoms. The molecule has 6 nitrogen and oxygen atoms in total. The summed E-state index contributed by atoms with van der Waals surface area (Å²) in [5, 5.41) is 12.0. The molecule has 6 heteroatoms. The highest BCUT2D eigenvalue weighted by Crippen LogP contribution is 2.26. The normalized spacial score (nSPS) is 28.9. The van der Waals surface area contributed by atoms with Gasteiger partial charge < -0.3 is 10.0 Å². The monoisotopic (exact) mass is 267 g/mol. The quantitative estimate of drug-likeness (QED) is 0.265. The highest BCUT2D eigenvalue weighted by Gasteiger charge is 2.49. The minimum atomic E-state index is -1.43. The smallest absolute Gasteiger partial charge is 0.166 e. The van der Waals surface area contributed by atoms with Crippen molar-refractivity contribution in [2.24, 2.45) is 28.8 Å². The van der Waals surface area contributed by atoms with Crippen LogP contribution < -0.4 is 0 Å². The Morgan fingerprint density at radius 1 is 1.26 bits per heavy atom. The Kier molecular flexibility index (Phi) is 4.69. The van der Waals surface area contributed by atoms with E-state index in [0.717, 1.165) is 0 Å². The molecule has 0 aliphatic heterocycles. The average molecular weight is 267 g/mol. The summed E-state index contributed by atoms with van der Waals surface area (Å²) in [6.45, 7) is 5.05. The van der Waals surface area contributed by atoms with Crippen LogP contribution in [0.25, 0.3) is 0 Å². The van der Waals surface area contributed by atoms with Crippen molar-refractivity contribution in [2.75, 3.05) is 0 Å². The lowest BCUT2D eigenvalue weighted by atomic mass is 9.70. The minimum Gasteiger partial charge on any atom is -0.411 e. The summed E-state index contributed by atoms with van der Waals surface area (Å²) in [7, 11) is 0. The molecule has 0 saturated heterocycles. The van der Waals surface area contributed by atoms with Crippen molar-refractivity contribution in [3.8, 4) is 0 Å². The topological polar surface area (TPSA) is 101 Å². The number of hydrogen-bond acceptors (Lipinski definition) is 6. The van der Waals surface area contributed by atoms with Crippen molar-refractivity contribution >= 4 is 29.3 Å². The van der Waals surface area contributed by atoms with Crippen LogP contribution in [0.4, 0.5) is 0 Å². The summed E-state index contributed by atoms with van der Waals surface area (Å²) >= 11 is 0. The maximum absolute atomic E-state index is 12.0. The molecule has 0 aromatic carbocycles. The number of hydrogen-bond donors (Lipinski definition) is 1. The molecular weight excluding hydrogens is 250 g/mol. The van der Waals surface area contributed by atoms with Gasteiger partial charge in [-0.1, -0.05) is 19.0 Å². The van der Waals surface area contributed by atoms with E-state index in [-0.39, 0.29) is 24.3 Å². The fraction of sp³-hybridized carbons (Fsp3) is 0.615. The van der Waals surface area contributed by atoms with Gasteiger partial charge in [-0.25, -0.2) is 0 Å². The van der Waals surface area contributed by atoms with Crippen LogP contribution in [0, 0.1) is 23.7 Å². The molecule has 1 aliphatic rings. The molecule has 3 unspecified atom stereocenters. The van der Waals surface area contributed by atoms with Crippen LogP contribution >= 0.6 is 0 Å². The number of carbonyl (C=O) groups excluding carboxylic acids is 4. The molecule has 3 atom stereocenters. The fourth-order valence-corrected chi connectivity index (χ4v) is 2.22. The van der Waals surface area contributed by atoms with Crippen LogP contribution in [0.5, 0.6) is 0 Å². The molecule has 0 aromatic rings. The van der Waals surface area contributed by atoms with Gasteiger partial charge in [0.25, 0.3) is 0 Å². The Bertz CT molecular complexity index is 452. The number of carbonyl (C=O) groups is 4. The number of Topliss-reactive ketones (excluding diaryl/α,β-unsaturated/α-hetero) is 3. The minimum absolute atomic E-state index is 0.0243. The van der Waals surface area contributed by atoms with Crippen molar-refractivity contribution in [1.29, 1.82) is 0 Å². The predicted molar refractivity (Wildman–Crippen MR) is 65.9 cm³/mol. The van der Waals surface area contributed by atoms with Gasteiger partial charge in [-0.2, -0.15) is 0 Å². The lowest BCUT2D eigenvalue weighted by Gasteiger charge is -2.27. The molecular formula is C13H17NO5. The molecule has 104 valence electrons. The largest absolute Gasteiger partial charge is 0.411 e. The summed E-state index contributed by atoms with van der Waals surface area (Å²) in [5.41, 5.74) is 0.0243. The lowest BCUT2D eigenvalue weighted by molar-refractivity contribution is -0.148. The first kappa shape index (κ1) is 15.2. The second-order valence-electron chi connectivity index (χ2n) is 5.16. The standard InChI is InChI=1S/C13H17NO5/c1-6(2)4-9(14-19)10-12(17)7(3)11(16)8(5-15)13(10)18/h5-8,10,19H,4H2,1-3H3/b14-9-. The molecule has 1 fully saturated rings. The Hall–Kier alpha value is -1.85. The molecule has 1 saturated carbocycles. The summed E-state index contributed by atoms with van der Waals surface area (Å²) in [4.78, 5) is 46.6. The van der Waals surface area contributed by atoms with E-state index < -0.39 is 35.1 Å². The summed E-state index contributed by atoms with van der Waals surface area (Å²) < 4.78 is 0. The Morgan fingerprint density at radius 3 is 2.26 bits per heavy atom. The van der Waals surface area contributed by atoms with Gasteiger partial charge in [0.05, 0.1) is 11.6 Å². The maximum atomic E-state index is 12.0. The second-order valence-corrected chi connectivity index (χ2v) is 5.16. The van der Waals surface area contributed by atoms with Crippen molar-refractivity contribution in [3.05, 3.63) is 0 Å². The second kappa shape index (κ2) is 5.86. The molecule has 0 radical (unpaired) electrons. The lowest BCUT2D eigenvalue weighted by Crippen LogP contribution is -2.50. The third-order valence-corrected chi connectivity index (χ3v) is 3.25. The van der Waals surface area contributed by atoms with E-state index in [4.69, 9.17) is 5.21 Å². The van der Waals surface area contributed by atoms with E-state index >= 15 is 0 Å². The molecule has 19 heavy (non-hydrogen) atoms.